The number of aliphatic carboxylic acids is 1. The minimum absolute atomic E-state index is 0.0272. The molecule has 1 heterocycles. The number of fused-ring (bicyclic) bond motifs is 1. The third kappa shape index (κ3) is 7.89. The van der Waals surface area contributed by atoms with Crippen LogP contribution in [0.1, 0.15) is 45.9 Å². The van der Waals surface area contributed by atoms with Gasteiger partial charge in [0.15, 0.2) is 5.78 Å². The first-order chi connectivity index (χ1) is 21.4. The van der Waals surface area contributed by atoms with E-state index in [-0.39, 0.29) is 43.5 Å². The van der Waals surface area contributed by atoms with E-state index >= 15 is 0 Å². The molecule has 4 N–H and O–H groups in total. The standard InChI is InChI=1S/C35H34N4O5/c40-30(21-24-13-15-28(16-14-24)37-35(44)39-20-19-25-7-4-5-12-32(25)39)23-36-29-11-6-10-27(22-29)31(17-18-33(41)42)38-34(43)26-8-2-1-3-9-26/h1-16,22,31,36H,17-21,23H2,(H,37,44)(H,38,43)(H,41,42). The van der Waals surface area contributed by atoms with Crippen LogP contribution < -0.4 is 20.9 Å². The van der Waals surface area contributed by atoms with Gasteiger partial charge in [-0.05, 0) is 72.0 Å². The molecule has 0 aliphatic carbocycles. The summed E-state index contributed by atoms with van der Waals surface area (Å²) in [4.78, 5) is 51.4. The lowest BCUT2D eigenvalue weighted by molar-refractivity contribution is -0.137. The van der Waals surface area contributed by atoms with Crippen molar-refractivity contribution in [2.45, 2.75) is 31.7 Å². The van der Waals surface area contributed by atoms with Crippen molar-refractivity contribution in [1.29, 1.82) is 0 Å². The van der Waals surface area contributed by atoms with Crippen molar-refractivity contribution in [2.24, 2.45) is 0 Å². The van der Waals surface area contributed by atoms with E-state index in [4.69, 9.17) is 0 Å². The highest BCUT2D eigenvalue weighted by Crippen LogP contribution is 2.28. The highest BCUT2D eigenvalue weighted by atomic mass is 16.4. The van der Waals surface area contributed by atoms with Crippen LogP contribution in [0.4, 0.5) is 21.9 Å². The van der Waals surface area contributed by atoms with E-state index in [2.05, 4.69) is 16.0 Å². The second kappa shape index (κ2) is 14.2. The minimum atomic E-state index is -0.948. The van der Waals surface area contributed by atoms with Crippen molar-refractivity contribution in [3.05, 3.63) is 125 Å². The van der Waals surface area contributed by atoms with Crippen LogP contribution in [0.5, 0.6) is 0 Å². The van der Waals surface area contributed by atoms with Crippen LogP contribution in [0.3, 0.4) is 0 Å². The predicted molar refractivity (Wildman–Crippen MR) is 170 cm³/mol. The number of rotatable bonds is 12. The molecular formula is C35H34N4O5. The molecule has 9 nitrogen and oxygen atoms in total. The number of nitrogens with one attached hydrogen (secondary N) is 3. The number of hydrogen-bond donors (Lipinski definition) is 4. The van der Waals surface area contributed by atoms with Gasteiger partial charge in [0.25, 0.3) is 5.91 Å². The quantitative estimate of drug-likeness (QED) is 0.164. The maximum atomic E-state index is 12.8. The van der Waals surface area contributed by atoms with E-state index in [1.54, 1.807) is 47.4 Å². The summed E-state index contributed by atoms with van der Waals surface area (Å²) in [7, 11) is 0. The minimum Gasteiger partial charge on any atom is -0.481 e. The van der Waals surface area contributed by atoms with Crippen LogP contribution in [0.2, 0.25) is 0 Å². The molecule has 224 valence electrons. The van der Waals surface area contributed by atoms with E-state index in [0.717, 1.165) is 28.8 Å². The monoisotopic (exact) mass is 590 g/mol. The number of nitrogens with zero attached hydrogens (tertiary/aromatic N) is 1. The average molecular weight is 591 g/mol. The molecule has 1 atom stereocenters. The smallest absolute Gasteiger partial charge is 0.326 e. The summed E-state index contributed by atoms with van der Waals surface area (Å²) < 4.78 is 0. The number of urea groups is 1. The summed E-state index contributed by atoms with van der Waals surface area (Å²) in [6, 6.07) is 30.4. The van der Waals surface area contributed by atoms with Gasteiger partial charge in [0.05, 0.1) is 12.6 Å². The van der Waals surface area contributed by atoms with Gasteiger partial charge in [-0.15, -0.1) is 0 Å². The van der Waals surface area contributed by atoms with E-state index in [1.807, 2.05) is 60.7 Å². The SMILES string of the molecule is O=C(O)CCC(NC(=O)c1ccccc1)c1cccc(NCC(=O)Cc2ccc(NC(=O)N3CCc4ccccc43)cc2)c1. The Bertz CT molecular complexity index is 1640. The molecule has 1 unspecified atom stereocenters. The van der Waals surface area contributed by atoms with Crippen LogP contribution in [-0.4, -0.2) is 41.9 Å². The number of carbonyl (C=O) groups excluding carboxylic acids is 3. The number of benzene rings is 4. The zero-order chi connectivity index (χ0) is 30.9. The van der Waals surface area contributed by atoms with Crippen molar-refractivity contribution in [3.8, 4) is 0 Å². The molecule has 1 aliphatic rings. The Kier molecular flexibility index (Phi) is 9.66. The summed E-state index contributed by atoms with van der Waals surface area (Å²) in [5.41, 5.74) is 5.48. The Balaban J connectivity index is 1.14. The van der Waals surface area contributed by atoms with Gasteiger partial charge < -0.3 is 21.1 Å². The average Bonchev–Trinajstić information content (AvgIpc) is 3.48. The Labute approximate surface area is 255 Å². The molecule has 0 radical (unpaired) electrons. The second-order valence-corrected chi connectivity index (χ2v) is 10.7. The number of carbonyl (C=O) groups is 4. The summed E-state index contributed by atoms with van der Waals surface area (Å²) in [5.74, 6) is -1.27. The molecule has 0 aromatic heterocycles. The van der Waals surface area contributed by atoms with Gasteiger partial charge >= 0.3 is 12.0 Å². The zero-order valence-electron chi connectivity index (χ0n) is 24.2. The third-order valence-corrected chi connectivity index (χ3v) is 7.51. The van der Waals surface area contributed by atoms with Crippen LogP contribution in [0.25, 0.3) is 0 Å². The number of carboxylic acid groups (broad SMARTS) is 1. The Morgan fingerprint density at radius 1 is 0.818 bits per heavy atom. The maximum absolute atomic E-state index is 12.8. The van der Waals surface area contributed by atoms with Gasteiger partial charge in [-0.25, -0.2) is 4.79 Å². The molecule has 5 rings (SSSR count). The summed E-state index contributed by atoms with van der Waals surface area (Å²) in [6.07, 6.45) is 1.16. The number of anilines is 3. The van der Waals surface area contributed by atoms with Gasteiger partial charge in [0.1, 0.15) is 0 Å². The number of para-hydroxylation sites is 1. The van der Waals surface area contributed by atoms with Gasteiger partial charge in [-0.1, -0.05) is 60.7 Å². The lowest BCUT2D eigenvalue weighted by Crippen LogP contribution is -2.33. The van der Waals surface area contributed by atoms with Crippen molar-refractivity contribution < 1.29 is 24.3 Å². The zero-order valence-corrected chi connectivity index (χ0v) is 24.2. The fourth-order valence-corrected chi connectivity index (χ4v) is 5.22. The highest BCUT2D eigenvalue weighted by Gasteiger charge is 2.24. The largest absolute Gasteiger partial charge is 0.481 e. The second-order valence-electron chi connectivity index (χ2n) is 10.7. The molecule has 44 heavy (non-hydrogen) atoms. The van der Waals surface area contributed by atoms with E-state index in [0.29, 0.717) is 23.5 Å². The number of ketones is 1. The van der Waals surface area contributed by atoms with E-state index in [9.17, 15) is 24.3 Å². The molecule has 9 heteroatoms. The van der Waals surface area contributed by atoms with Crippen LogP contribution >= 0.6 is 0 Å². The van der Waals surface area contributed by atoms with Gasteiger partial charge in [-0.2, -0.15) is 0 Å². The Hall–Kier alpha value is -5.44. The van der Waals surface area contributed by atoms with Crippen LogP contribution in [0, 0.1) is 0 Å². The molecule has 1 aliphatic heterocycles. The lowest BCUT2D eigenvalue weighted by Gasteiger charge is -2.20. The number of carboxylic acids is 1. The van der Waals surface area contributed by atoms with Crippen molar-refractivity contribution in [3.63, 3.8) is 0 Å². The maximum Gasteiger partial charge on any atom is 0.326 e. The third-order valence-electron chi connectivity index (χ3n) is 7.51. The summed E-state index contributed by atoms with van der Waals surface area (Å²) in [6.45, 7) is 0.728. The molecule has 0 saturated carbocycles. The molecule has 4 aromatic rings. The van der Waals surface area contributed by atoms with Crippen molar-refractivity contribution >= 4 is 40.8 Å². The molecule has 0 saturated heterocycles. The molecule has 3 amide bonds. The van der Waals surface area contributed by atoms with Gasteiger partial charge in [0, 0.05) is 42.0 Å². The fraction of sp³-hybridized carbons (Fsp3) is 0.200. The Morgan fingerprint density at radius 2 is 1.57 bits per heavy atom. The first-order valence-corrected chi connectivity index (χ1v) is 14.5. The van der Waals surface area contributed by atoms with E-state index in [1.165, 1.54) is 0 Å². The van der Waals surface area contributed by atoms with Crippen molar-refractivity contribution in [2.75, 3.05) is 28.6 Å². The first-order valence-electron chi connectivity index (χ1n) is 14.5. The normalized spacial score (nSPS) is 12.6. The molecule has 0 spiro atoms. The van der Waals surface area contributed by atoms with E-state index < -0.39 is 12.0 Å². The first kappa shape index (κ1) is 30.0. The number of Topliss-reactive ketones (excluding diaryl/α,β-unsaturated/α-hetero) is 1. The molecular weight excluding hydrogens is 556 g/mol. The topological polar surface area (TPSA) is 128 Å². The van der Waals surface area contributed by atoms with Gasteiger partial charge in [-0.3, -0.25) is 19.3 Å². The summed E-state index contributed by atoms with van der Waals surface area (Å²) in [5, 5.41) is 18.2. The predicted octanol–water partition coefficient (Wildman–Crippen LogP) is 5.84. The van der Waals surface area contributed by atoms with Crippen LogP contribution in [0.15, 0.2) is 103 Å². The molecule has 0 bridgehead atoms. The lowest BCUT2D eigenvalue weighted by atomic mass is 10.0. The molecule has 0 fully saturated rings. The molecule has 4 aromatic carbocycles. The highest BCUT2D eigenvalue weighted by molar-refractivity contribution is 6.03. The number of hydrogen-bond acceptors (Lipinski definition) is 5. The fourth-order valence-electron chi connectivity index (χ4n) is 5.22. The number of amides is 3. The van der Waals surface area contributed by atoms with Crippen molar-refractivity contribution in [1.82, 2.24) is 5.32 Å². The van der Waals surface area contributed by atoms with Crippen LogP contribution in [-0.2, 0) is 22.4 Å². The van der Waals surface area contributed by atoms with Gasteiger partial charge in [0.2, 0.25) is 0 Å². The summed E-state index contributed by atoms with van der Waals surface area (Å²) >= 11 is 0. The Morgan fingerprint density at radius 3 is 2.34 bits per heavy atom.